The van der Waals surface area contributed by atoms with Crippen LogP contribution in [0.4, 0.5) is 4.79 Å². The van der Waals surface area contributed by atoms with Crippen molar-refractivity contribution >= 4 is 12.0 Å². The zero-order chi connectivity index (χ0) is 11.5. The second-order valence-electron chi connectivity index (χ2n) is 4.34. The predicted octanol–water partition coefficient (Wildman–Crippen LogP) is 0.790. The molecule has 1 fully saturated rings. The van der Waals surface area contributed by atoms with E-state index in [4.69, 9.17) is 0 Å². The van der Waals surface area contributed by atoms with Crippen LogP contribution in [0.2, 0.25) is 0 Å². The summed E-state index contributed by atoms with van der Waals surface area (Å²) >= 11 is 0. The maximum atomic E-state index is 11.5. The van der Waals surface area contributed by atoms with Crippen LogP contribution < -0.4 is 10.6 Å². The molecule has 86 valence electrons. The van der Waals surface area contributed by atoms with Gasteiger partial charge < -0.3 is 15.4 Å². The second kappa shape index (κ2) is 4.51. The SMILES string of the molecule is COC(=O)C(C)(C)NC(=O)NC1CCC1. The predicted molar refractivity (Wildman–Crippen MR) is 55.4 cm³/mol. The lowest BCUT2D eigenvalue weighted by Gasteiger charge is -2.29. The Labute approximate surface area is 89.6 Å². The number of amides is 2. The minimum atomic E-state index is -0.984. The number of esters is 1. The molecule has 1 rings (SSSR count). The van der Waals surface area contributed by atoms with Gasteiger partial charge in [-0.1, -0.05) is 0 Å². The van der Waals surface area contributed by atoms with Gasteiger partial charge >= 0.3 is 12.0 Å². The number of ether oxygens (including phenoxy) is 1. The third kappa shape index (κ3) is 3.11. The van der Waals surface area contributed by atoms with E-state index in [-0.39, 0.29) is 12.1 Å². The summed E-state index contributed by atoms with van der Waals surface area (Å²) in [7, 11) is 1.30. The lowest BCUT2D eigenvalue weighted by molar-refractivity contribution is -0.146. The van der Waals surface area contributed by atoms with Crippen molar-refractivity contribution in [3.63, 3.8) is 0 Å². The van der Waals surface area contributed by atoms with Crippen molar-refractivity contribution in [1.29, 1.82) is 0 Å². The van der Waals surface area contributed by atoms with Gasteiger partial charge in [0.15, 0.2) is 0 Å². The Kier molecular flexibility index (Phi) is 3.55. The molecule has 5 nitrogen and oxygen atoms in total. The molecule has 1 saturated carbocycles. The molecular formula is C10H18N2O3. The van der Waals surface area contributed by atoms with Crippen molar-refractivity contribution < 1.29 is 14.3 Å². The van der Waals surface area contributed by atoms with Gasteiger partial charge in [-0.05, 0) is 33.1 Å². The molecule has 0 saturated heterocycles. The normalized spacial score (nSPS) is 16.5. The number of rotatable bonds is 3. The fraction of sp³-hybridized carbons (Fsp3) is 0.800. The molecule has 0 atom stereocenters. The number of nitrogens with one attached hydrogen (secondary N) is 2. The van der Waals surface area contributed by atoms with Gasteiger partial charge in [0, 0.05) is 6.04 Å². The molecule has 0 aromatic rings. The molecule has 1 aliphatic rings. The lowest BCUT2D eigenvalue weighted by Crippen LogP contribution is -2.56. The lowest BCUT2D eigenvalue weighted by atomic mass is 9.93. The Hall–Kier alpha value is -1.26. The average molecular weight is 214 g/mol. The van der Waals surface area contributed by atoms with Crippen LogP contribution in [0.15, 0.2) is 0 Å². The molecule has 0 heterocycles. The van der Waals surface area contributed by atoms with E-state index in [9.17, 15) is 9.59 Å². The van der Waals surface area contributed by atoms with Crippen molar-refractivity contribution in [3.8, 4) is 0 Å². The molecule has 0 unspecified atom stereocenters. The van der Waals surface area contributed by atoms with Crippen LogP contribution in [0.1, 0.15) is 33.1 Å². The van der Waals surface area contributed by atoms with Crippen LogP contribution in [0, 0.1) is 0 Å². The average Bonchev–Trinajstić information content (AvgIpc) is 2.09. The summed E-state index contributed by atoms with van der Waals surface area (Å²) in [5.41, 5.74) is -0.984. The molecule has 1 aliphatic carbocycles. The van der Waals surface area contributed by atoms with Crippen LogP contribution in [0.3, 0.4) is 0 Å². The van der Waals surface area contributed by atoms with Gasteiger partial charge in [-0.25, -0.2) is 9.59 Å². The highest BCUT2D eigenvalue weighted by Gasteiger charge is 2.31. The summed E-state index contributed by atoms with van der Waals surface area (Å²) in [5.74, 6) is -0.453. The van der Waals surface area contributed by atoms with E-state index in [2.05, 4.69) is 15.4 Å². The van der Waals surface area contributed by atoms with Crippen molar-refractivity contribution in [2.45, 2.75) is 44.7 Å². The number of hydrogen-bond donors (Lipinski definition) is 2. The van der Waals surface area contributed by atoms with Gasteiger partial charge in [-0.15, -0.1) is 0 Å². The molecule has 0 aliphatic heterocycles. The van der Waals surface area contributed by atoms with E-state index in [1.54, 1.807) is 13.8 Å². The fourth-order valence-corrected chi connectivity index (χ4v) is 1.36. The van der Waals surface area contributed by atoms with Gasteiger partial charge in [-0.2, -0.15) is 0 Å². The van der Waals surface area contributed by atoms with Crippen LogP contribution in [-0.2, 0) is 9.53 Å². The zero-order valence-electron chi connectivity index (χ0n) is 9.42. The first-order chi connectivity index (χ1) is 6.95. The van der Waals surface area contributed by atoms with E-state index >= 15 is 0 Å². The Morgan fingerprint density at radius 1 is 1.33 bits per heavy atom. The third-order valence-electron chi connectivity index (χ3n) is 2.56. The van der Waals surface area contributed by atoms with E-state index in [0.717, 1.165) is 19.3 Å². The molecule has 2 amide bonds. The molecule has 15 heavy (non-hydrogen) atoms. The van der Waals surface area contributed by atoms with Crippen LogP contribution >= 0.6 is 0 Å². The van der Waals surface area contributed by atoms with Gasteiger partial charge in [-0.3, -0.25) is 0 Å². The largest absolute Gasteiger partial charge is 0.467 e. The molecule has 0 bridgehead atoms. The Morgan fingerprint density at radius 2 is 1.93 bits per heavy atom. The summed E-state index contributed by atoms with van der Waals surface area (Å²) < 4.78 is 4.58. The van der Waals surface area contributed by atoms with Crippen LogP contribution in [-0.4, -0.2) is 30.7 Å². The number of carbonyl (C=O) groups is 2. The second-order valence-corrected chi connectivity index (χ2v) is 4.34. The number of urea groups is 1. The van der Waals surface area contributed by atoms with E-state index in [1.165, 1.54) is 7.11 Å². The highest BCUT2D eigenvalue weighted by Crippen LogP contribution is 2.17. The van der Waals surface area contributed by atoms with Crippen molar-refractivity contribution in [2.24, 2.45) is 0 Å². The van der Waals surface area contributed by atoms with E-state index in [1.807, 2.05) is 0 Å². The standard InChI is InChI=1S/C10H18N2O3/c1-10(2,8(13)15-3)12-9(14)11-7-5-4-6-7/h7H,4-6H2,1-3H3,(H2,11,12,14). The van der Waals surface area contributed by atoms with E-state index < -0.39 is 11.5 Å². The molecule has 0 spiro atoms. The first-order valence-corrected chi connectivity index (χ1v) is 5.13. The quantitative estimate of drug-likeness (QED) is 0.682. The molecular weight excluding hydrogens is 196 g/mol. The molecule has 0 radical (unpaired) electrons. The van der Waals surface area contributed by atoms with Crippen LogP contribution in [0.25, 0.3) is 0 Å². The molecule has 0 aromatic heterocycles. The van der Waals surface area contributed by atoms with Crippen molar-refractivity contribution in [3.05, 3.63) is 0 Å². The van der Waals surface area contributed by atoms with Gasteiger partial charge in [0.05, 0.1) is 7.11 Å². The van der Waals surface area contributed by atoms with Gasteiger partial charge in [0.2, 0.25) is 0 Å². The molecule has 5 heteroatoms. The van der Waals surface area contributed by atoms with Crippen molar-refractivity contribution in [2.75, 3.05) is 7.11 Å². The fourth-order valence-electron chi connectivity index (χ4n) is 1.36. The first kappa shape index (κ1) is 11.8. The zero-order valence-corrected chi connectivity index (χ0v) is 9.42. The minimum absolute atomic E-state index is 0.262. The number of carbonyl (C=O) groups excluding carboxylic acids is 2. The summed E-state index contributed by atoms with van der Waals surface area (Å²) in [6.07, 6.45) is 3.20. The summed E-state index contributed by atoms with van der Waals surface area (Å²) in [6, 6.07) is -0.0476. The Morgan fingerprint density at radius 3 is 2.33 bits per heavy atom. The highest BCUT2D eigenvalue weighted by molar-refractivity contribution is 5.86. The Bertz CT molecular complexity index is 259. The smallest absolute Gasteiger partial charge is 0.331 e. The highest BCUT2D eigenvalue weighted by atomic mass is 16.5. The summed E-state index contributed by atoms with van der Waals surface area (Å²) in [6.45, 7) is 3.22. The van der Waals surface area contributed by atoms with Gasteiger partial charge in [0.1, 0.15) is 5.54 Å². The van der Waals surface area contributed by atoms with Gasteiger partial charge in [0.25, 0.3) is 0 Å². The number of hydrogen-bond acceptors (Lipinski definition) is 3. The third-order valence-corrected chi connectivity index (χ3v) is 2.56. The molecule has 0 aromatic carbocycles. The minimum Gasteiger partial charge on any atom is -0.467 e. The Balaban J connectivity index is 2.38. The molecule has 2 N–H and O–H groups in total. The van der Waals surface area contributed by atoms with Crippen LogP contribution in [0.5, 0.6) is 0 Å². The monoisotopic (exact) mass is 214 g/mol. The first-order valence-electron chi connectivity index (χ1n) is 5.13. The maximum Gasteiger partial charge on any atom is 0.331 e. The van der Waals surface area contributed by atoms with E-state index in [0.29, 0.717) is 0 Å². The summed E-state index contributed by atoms with van der Waals surface area (Å²) in [5, 5.41) is 5.38. The number of methoxy groups -OCH3 is 1. The van der Waals surface area contributed by atoms with Crippen molar-refractivity contribution in [1.82, 2.24) is 10.6 Å². The maximum absolute atomic E-state index is 11.5. The summed E-state index contributed by atoms with van der Waals surface area (Å²) in [4.78, 5) is 22.7. The topological polar surface area (TPSA) is 67.4 Å².